The molecule has 0 unspecified atom stereocenters. The van der Waals surface area contributed by atoms with Crippen molar-refractivity contribution in [3.63, 3.8) is 0 Å². The van der Waals surface area contributed by atoms with Gasteiger partial charge in [-0.1, -0.05) is 42.0 Å². The van der Waals surface area contributed by atoms with Crippen LogP contribution in [0.5, 0.6) is 5.75 Å². The van der Waals surface area contributed by atoms with Gasteiger partial charge in [0.15, 0.2) is 0 Å². The van der Waals surface area contributed by atoms with Crippen LogP contribution in [0.4, 0.5) is 8.78 Å². The van der Waals surface area contributed by atoms with E-state index in [1.807, 2.05) is 31.2 Å². The minimum atomic E-state index is -2.84. The van der Waals surface area contributed by atoms with Crippen molar-refractivity contribution in [3.8, 4) is 5.75 Å². The van der Waals surface area contributed by atoms with Gasteiger partial charge in [0.2, 0.25) is 5.91 Å². The summed E-state index contributed by atoms with van der Waals surface area (Å²) in [5, 5.41) is 2.78. The summed E-state index contributed by atoms with van der Waals surface area (Å²) in [6.45, 7) is -0.392. The largest absolute Gasteiger partial charge is 0.435 e. The molecule has 0 aliphatic carbocycles. The summed E-state index contributed by atoms with van der Waals surface area (Å²) in [6.07, 6.45) is 3.01. The van der Waals surface area contributed by atoms with Gasteiger partial charge in [-0.2, -0.15) is 8.78 Å². The second-order valence-corrected chi connectivity index (χ2v) is 4.98. The second kappa shape index (κ2) is 8.08. The zero-order valence-electron chi connectivity index (χ0n) is 12.6. The Bertz CT molecular complexity index is 664. The normalized spacial score (nSPS) is 11.0. The van der Waals surface area contributed by atoms with E-state index < -0.39 is 6.61 Å². The number of aryl methyl sites for hydroxylation is 1. The van der Waals surface area contributed by atoms with E-state index in [9.17, 15) is 13.6 Å². The fourth-order valence-corrected chi connectivity index (χ4v) is 1.89. The first-order chi connectivity index (χ1) is 11.0. The van der Waals surface area contributed by atoms with Gasteiger partial charge in [0.25, 0.3) is 0 Å². The molecule has 0 saturated carbocycles. The molecule has 0 aliphatic heterocycles. The monoisotopic (exact) mass is 317 g/mol. The number of ether oxygens (including phenoxy) is 1. The van der Waals surface area contributed by atoms with Crippen LogP contribution < -0.4 is 10.1 Å². The van der Waals surface area contributed by atoms with Crippen LogP contribution in [-0.4, -0.2) is 12.5 Å². The van der Waals surface area contributed by atoms with Crippen molar-refractivity contribution in [2.45, 2.75) is 20.1 Å². The average molecular weight is 317 g/mol. The number of hydrogen-bond donors (Lipinski definition) is 1. The summed E-state index contributed by atoms with van der Waals surface area (Å²) in [7, 11) is 0. The molecule has 0 spiro atoms. The summed E-state index contributed by atoms with van der Waals surface area (Å²) in [6, 6.07) is 13.9. The minimum Gasteiger partial charge on any atom is -0.435 e. The molecule has 23 heavy (non-hydrogen) atoms. The van der Waals surface area contributed by atoms with Gasteiger partial charge in [0.1, 0.15) is 5.75 Å². The second-order valence-electron chi connectivity index (χ2n) is 4.98. The Morgan fingerprint density at radius 1 is 1.13 bits per heavy atom. The van der Waals surface area contributed by atoms with E-state index in [-0.39, 0.29) is 11.7 Å². The molecule has 0 radical (unpaired) electrons. The maximum absolute atomic E-state index is 12.0. The van der Waals surface area contributed by atoms with Crippen molar-refractivity contribution >= 4 is 12.0 Å². The van der Waals surface area contributed by atoms with E-state index in [2.05, 4.69) is 10.1 Å². The van der Waals surface area contributed by atoms with Crippen LogP contribution >= 0.6 is 0 Å². The summed E-state index contributed by atoms with van der Waals surface area (Å²) in [5.41, 5.74) is 2.90. The molecule has 5 heteroatoms. The smallest absolute Gasteiger partial charge is 0.387 e. The lowest BCUT2D eigenvalue weighted by atomic mass is 10.1. The highest BCUT2D eigenvalue weighted by Crippen LogP contribution is 2.15. The molecule has 1 N–H and O–H groups in total. The third kappa shape index (κ3) is 5.90. The van der Waals surface area contributed by atoms with Crippen molar-refractivity contribution in [1.29, 1.82) is 0 Å². The van der Waals surface area contributed by atoms with Crippen LogP contribution in [-0.2, 0) is 11.3 Å². The Labute approximate surface area is 133 Å². The Balaban J connectivity index is 1.84. The number of carbonyl (C=O) groups is 1. The van der Waals surface area contributed by atoms with Crippen LogP contribution in [0.25, 0.3) is 6.08 Å². The Hall–Kier alpha value is -2.69. The first kappa shape index (κ1) is 16.7. The van der Waals surface area contributed by atoms with Gasteiger partial charge in [0, 0.05) is 12.6 Å². The summed E-state index contributed by atoms with van der Waals surface area (Å²) in [5.74, 6) is -0.139. The molecule has 0 atom stereocenters. The molecular weight excluding hydrogens is 300 g/mol. The van der Waals surface area contributed by atoms with Gasteiger partial charge >= 0.3 is 6.61 Å². The Morgan fingerprint density at radius 2 is 1.78 bits per heavy atom. The molecular formula is C18H17F2NO2. The van der Waals surface area contributed by atoms with E-state index in [0.29, 0.717) is 6.54 Å². The maximum atomic E-state index is 12.0. The topological polar surface area (TPSA) is 38.3 Å². The zero-order valence-corrected chi connectivity index (χ0v) is 12.6. The predicted octanol–water partition coefficient (Wildman–Crippen LogP) is 3.93. The third-order valence-electron chi connectivity index (χ3n) is 3.12. The fraction of sp³-hybridized carbons (Fsp3) is 0.167. The molecule has 0 saturated heterocycles. The number of nitrogens with one attached hydrogen (secondary N) is 1. The quantitative estimate of drug-likeness (QED) is 0.820. The molecule has 0 fully saturated rings. The van der Waals surface area contributed by atoms with Crippen molar-refractivity contribution in [2.75, 3.05) is 0 Å². The van der Waals surface area contributed by atoms with Gasteiger partial charge in [0.05, 0.1) is 0 Å². The molecule has 2 aromatic rings. The highest BCUT2D eigenvalue weighted by atomic mass is 19.3. The molecule has 0 bridgehead atoms. The number of hydrogen-bond acceptors (Lipinski definition) is 2. The lowest BCUT2D eigenvalue weighted by Gasteiger charge is -2.04. The highest BCUT2D eigenvalue weighted by molar-refractivity contribution is 5.91. The zero-order chi connectivity index (χ0) is 16.7. The van der Waals surface area contributed by atoms with Gasteiger partial charge < -0.3 is 10.1 Å². The Morgan fingerprint density at radius 3 is 2.39 bits per heavy atom. The van der Waals surface area contributed by atoms with E-state index in [1.165, 1.54) is 23.8 Å². The van der Waals surface area contributed by atoms with Crippen LogP contribution in [0, 0.1) is 6.92 Å². The van der Waals surface area contributed by atoms with E-state index >= 15 is 0 Å². The van der Waals surface area contributed by atoms with E-state index in [1.54, 1.807) is 18.2 Å². The van der Waals surface area contributed by atoms with Crippen molar-refractivity contribution < 1.29 is 18.3 Å². The van der Waals surface area contributed by atoms with Gasteiger partial charge in [-0.25, -0.2) is 0 Å². The number of benzene rings is 2. The van der Waals surface area contributed by atoms with Gasteiger partial charge in [-0.05, 0) is 36.3 Å². The van der Waals surface area contributed by atoms with Gasteiger partial charge in [-0.3, -0.25) is 4.79 Å². The predicted molar refractivity (Wildman–Crippen MR) is 85.1 cm³/mol. The summed E-state index contributed by atoms with van der Waals surface area (Å²) >= 11 is 0. The number of alkyl halides is 2. The lowest BCUT2D eigenvalue weighted by molar-refractivity contribution is -0.116. The molecule has 0 aromatic heterocycles. The molecule has 2 rings (SSSR count). The summed E-state index contributed by atoms with van der Waals surface area (Å²) < 4.78 is 28.3. The highest BCUT2D eigenvalue weighted by Gasteiger charge is 2.03. The van der Waals surface area contributed by atoms with Crippen LogP contribution in [0.15, 0.2) is 54.6 Å². The van der Waals surface area contributed by atoms with Crippen LogP contribution in [0.1, 0.15) is 16.7 Å². The molecule has 120 valence electrons. The average Bonchev–Trinajstić information content (AvgIpc) is 2.53. The number of rotatable bonds is 6. The van der Waals surface area contributed by atoms with Crippen LogP contribution in [0.2, 0.25) is 0 Å². The van der Waals surface area contributed by atoms with Crippen LogP contribution in [0.3, 0.4) is 0 Å². The summed E-state index contributed by atoms with van der Waals surface area (Å²) in [4.78, 5) is 11.7. The maximum Gasteiger partial charge on any atom is 0.387 e. The molecule has 0 aliphatic rings. The first-order valence-corrected chi connectivity index (χ1v) is 7.09. The van der Waals surface area contributed by atoms with Crippen molar-refractivity contribution in [2.24, 2.45) is 0 Å². The number of carbonyl (C=O) groups excluding carboxylic acids is 1. The number of amides is 1. The minimum absolute atomic E-state index is 0.0842. The SMILES string of the molecule is Cc1ccc(CNC(=O)/C=C/c2ccc(OC(F)F)cc2)cc1. The Kier molecular flexibility index (Phi) is 5.86. The first-order valence-electron chi connectivity index (χ1n) is 7.09. The third-order valence-corrected chi connectivity index (χ3v) is 3.12. The van der Waals surface area contributed by atoms with Crippen molar-refractivity contribution in [1.82, 2.24) is 5.32 Å². The molecule has 2 aromatic carbocycles. The molecule has 1 amide bonds. The fourth-order valence-electron chi connectivity index (χ4n) is 1.89. The molecule has 3 nitrogen and oxygen atoms in total. The lowest BCUT2D eigenvalue weighted by Crippen LogP contribution is -2.20. The van der Waals surface area contributed by atoms with Crippen molar-refractivity contribution in [3.05, 3.63) is 71.3 Å². The van der Waals surface area contributed by atoms with Gasteiger partial charge in [-0.15, -0.1) is 0 Å². The number of halogens is 2. The standard InChI is InChI=1S/C18H17F2NO2/c1-13-2-4-15(5-3-13)12-21-17(22)11-8-14-6-9-16(10-7-14)23-18(19)20/h2-11,18H,12H2,1H3,(H,21,22)/b11-8+. The molecule has 0 heterocycles. The van der Waals surface area contributed by atoms with E-state index in [0.717, 1.165) is 11.1 Å². The van der Waals surface area contributed by atoms with E-state index in [4.69, 9.17) is 0 Å².